The van der Waals surface area contributed by atoms with Gasteiger partial charge in [-0.25, -0.2) is 0 Å². The van der Waals surface area contributed by atoms with Gasteiger partial charge in [-0.1, -0.05) is 54.2 Å². The van der Waals surface area contributed by atoms with E-state index in [1.54, 1.807) is 11.8 Å². The van der Waals surface area contributed by atoms with E-state index in [-0.39, 0.29) is 11.2 Å². The highest BCUT2D eigenvalue weighted by atomic mass is 32.2. The quantitative estimate of drug-likeness (QED) is 0.194. The van der Waals surface area contributed by atoms with E-state index in [2.05, 4.69) is 150 Å². The first-order valence-corrected chi connectivity index (χ1v) is 16.5. The van der Waals surface area contributed by atoms with Gasteiger partial charge < -0.3 is 18.9 Å². The summed E-state index contributed by atoms with van der Waals surface area (Å²) in [5.41, 5.74) is 2.73. The lowest BCUT2D eigenvalue weighted by atomic mass is 9.93. The minimum atomic E-state index is -0.405. The van der Waals surface area contributed by atoms with Crippen LogP contribution in [0.2, 0.25) is 0 Å². The molecule has 0 fully saturated rings. The molecule has 0 spiro atoms. The van der Waals surface area contributed by atoms with Crippen molar-refractivity contribution < 1.29 is 18.9 Å². The highest BCUT2D eigenvalue weighted by Crippen LogP contribution is 2.46. The van der Waals surface area contributed by atoms with Crippen molar-refractivity contribution in [1.82, 2.24) is 0 Å². The van der Waals surface area contributed by atoms with Crippen LogP contribution in [0.15, 0.2) is 94.7 Å². The van der Waals surface area contributed by atoms with Gasteiger partial charge >= 0.3 is 0 Å². The molecule has 45 heavy (non-hydrogen) atoms. The van der Waals surface area contributed by atoms with Crippen LogP contribution in [-0.4, -0.2) is 22.4 Å². The first-order chi connectivity index (χ1) is 20.8. The first kappa shape index (κ1) is 34.3. The molecule has 0 aliphatic carbocycles. The van der Waals surface area contributed by atoms with Gasteiger partial charge in [-0.3, -0.25) is 0 Å². The molecule has 0 aromatic heterocycles. The maximum absolute atomic E-state index is 6.51. The van der Waals surface area contributed by atoms with Gasteiger partial charge in [-0.2, -0.15) is 0 Å². The van der Waals surface area contributed by atoms with E-state index in [1.165, 1.54) is 4.90 Å². The normalized spacial score (nSPS) is 12.5. The van der Waals surface area contributed by atoms with Crippen LogP contribution >= 0.6 is 11.8 Å². The molecule has 240 valence electrons. The highest BCUT2D eigenvalue weighted by molar-refractivity contribution is 7.99. The molecule has 0 aliphatic rings. The second kappa shape index (κ2) is 13.0. The van der Waals surface area contributed by atoms with Gasteiger partial charge in [0, 0.05) is 15.4 Å². The van der Waals surface area contributed by atoms with Crippen molar-refractivity contribution in [3.63, 3.8) is 0 Å². The summed E-state index contributed by atoms with van der Waals surface area (Å²) in [5, 5.41) is 0. The molecule has 0 radical (unpaired) electrons. The van der Waals surface area contributed by atoms with Crippen molar-refractivity contribution in [2.45, 2.75) is 115 Å². The van der Waals surface area contributed by atoms with E-state index < -0.39 is 11.2 Å². The summed E-state index contributed by atoms with van der Waals surface area (Å²) in [6.07, 6.45) is 0. The van der Waals surface area contributed by atoms with Crippen molar-refractivity contribution in [1.29, 1.82) is 0 Å². The molecule has 0 bridgehead atoms. The van der Waals surface area contributed by atoms with Crippen LogP contribution in [0.4, 0.5) is 0 Å². The molecule has 4 aromatic rings. The summed E-state index contributed by atoms with van der Waals surface area (Å²) in [4.78, 5) is 2.30. The number of hydrogen-bond donors (Lipinski definition) is 0. The van der Waals surface area contributed by atoms with Crippen molar-refractivity contribution in [2.75, 3.05) is 0 Å². The Labute approximate surface area is 275 Å². The summed E-state index contributed by atoms with van der Waals surface area (Å²) >= 11 is 1.75. The second-order valence-corrected chi connectivity index (χ2v) is 16.4. The maximum atomic E-state index is 6.51. The van der Waals surface area contributed by atoms with Crippen LogP contribution in [0, 0.1) is 0 Å². The van der Waals surface area contributed by atoms with Crippen LogP contribution < -0.4 is 18.9 Å². The monoisotopic (exact) mass is 626 g/mol. The summed E-state index contributed by atoms with van der Waals surface area (Å²) < 4.78 is 25.7. The predicted octanol–water partition coefficient (Wildman–Crippen LogP) is 11.9. The fourth-order valence-corrected chi connectivity index (χ4v) is 5.78. The Morgan fingerprint density at radius 3 is 1.36 bits per heavy atom. The predicted molar refractivity (Wildman–Crippen MR) is 189 cm³/mol. The van der Waals surface area contributed by atoms with Crippen LogP contribution in [0.1, 0.15) is 83.1 Å². The molecule has 0 amide bonds. The number of hydrogen-bond acceptors (Lipinski definition) is 5. The lowest BCUT2D eigenvalue weighted by molar-refractivity contribution is 0.0958. The lowest BCUT2D eigenvalue weighted by Crippen LogP contribution is -2.26. The fraction of sp³-hybridized carbons (Fsp3) is 0.400. The Morgan fingerprint density at radius 1 is 0.422 bits per heavy atom. The molecule has 0 saturated heterocycles. The number of rotatable bonds is 8. The Kier molecular flexibility index (Phi) is 9.94. The van der Waals surface area contributed by atoms with Crippen LogP contribution in [0.3, 0.4) is 0 Å². The zero-order valence-corrected chi connectivity index (χ0v) is 29.9. The Hall–Kier alpha value is -3.57. The summed E-state index contributed by atoms with van der Waals surface area (Å²) in [6, 6.07) is 29.5. The van der Waals surface area contributed by atoms with Crippen molar-refractivity contribution in [3.8, 4) is 45.3 Å². The average Bonchev–Trinajstić information content (AvgIpc) is 2.88. The first-order valence-electron chi connectivity index (χ1n) is 15.7. The van der Waals surface area contributed by atoms with Gasteiger partial charge in [0.05, 0.1) is 0 Å². The maximum Gasteiger partial charge on any atom is 0.162 e. The zero-order valence-electron chi connectivity index (χ0n) is 29.1. The van der Waals surface area contributed by atoms with Gasteiger partial charge in [0.15, 0.2) is 23.0 Å². The Morgan fingerprint density at radius 2 is 0.867 bits per heavy atom. The minimum absolute atomic E-state index is 0.366. The number of benzene rings is 4. The van der Waals surface area contributed by atoms with E-state index in [9.17, 15) is 0 Å². The molecule has 0 unspecified atom stereocenters. The Bertz CT molecular complexity index is 1600. The topological polar surface area (TPSA) is 36.9 Å². The third-order valence-corrected chi connectivity index (χ3v) is 7.22. The van der Waals surface area contributed by atoms with Gasteiger partial charge in [-0.05, 0) is 142 Å². The van der Waals surface area contributed by atoms with E-state index in [0.29, 0.717) is 11.5 Å². The molecular weight excluding hydrogens is 577 g/mol. The van der Waals surface area contributed by atoms with Gasteiger partial charge in [-0.15, -0.1) is 0 Å². The van der Waals surface area contributed by atoms with Crippen LogP contribution in [0.5, 0.6) is 23.0 Å². The van der Waals surface area contributed by atoms with Crippen molar-refractivity contribution in [2.24, 2.45) is 0 Å². The minimum Gasteiger partial charge on any atom is -0.484 e. The average molecular weight is 627 g/mol. The molecule has 0 heterocycles. The smallest absolute Gasteiger partial charge is 0.162 e. The van der Waals surface area contributed by atoms with Crippen LogP contribution in [-0.2, 0) is 0 Å². The van der Waals surface area contributed by atoms with E-state index >= 15 is 0 Å². The van der Waals surface area contributed by atoms with Crippen molar-refractivity contribution >= 4 is 11.8 Å². The zero-order chi connectivity index (χ0) is 33.2. The molecule has 0 N–H and O–H groups in total. The molecule has 0 atom stereocenters. The molecule has 4 rings (SSSR count). The van der Waals surface area contributed by atoms with Gasteiger partial charge in [0.25, 0.3) is 0 Å². The van der Waals surface area contributed by atoms with Crippen LogP contribution in [0.25, 0.3) is 22.3 Å². The largest absolute Gasteiger partial charge is 0.484 e. The highest BCUT2D eigenvalue weighted by Gasteiger charge is 2.24. The molecule has 4 nitrogen and oxygen atoms in total. The van der Waals surface area contributed by atoms with E-state index in [4.69, 9.17) is 18.9 Å². The second-order valence-electron chi connectivity index (χ2n) is 15.3. The lowest BCUT2D eigenvalue weighted by Gasteiger charge is -2.28. The SMILES string of the molecule is CC(C)(C)Oc1ccc(-c2cccc(Sc3ccccc3)c2-c2ccc(OC(C)(C)C)c(OC(C)(C)C)c2)cc1OC(C)(C)C. The summed E-state index contributed by atoms with van der Waals surface area (Å²) in [6.45, 7) is 24.7. The molecular formula is C40H50O4S. The molecule has 0 aliphatic heterocycles. The molecule has 0 saturated carbocycles. The van der Waals surface area contributed by atoms with E-state index in [1.807, 2.05) is 18.2 Å². The van der Waals surface area contributed by atoms with Gasteiger partial charge in [0.1, 0.15) is 22.4 Å². The van der Waals surface area contributed by atoms with E-state index in [0.717, 1.165) is 38.6 Å². The number of ether oxygens (including phenoxy) is 4. The molecule has 5 heteroatoms. The van der Waals surface area contributed by atoms with Crippen molar-refractivity contribution in [3.05, 3.63) is 84.9 Å². The van der Waals surface area contributed by atoms with Gasteiger partial charge in [0.2, 0.25) is 0 Å². The third kappa shape index (κ3) is 10.2. The summed E-state index contributed by atoms with van der Waals surface area (Å²) in [5.74, 6) is 2.88. The summed E-state index contributed by atoms with van der Waals surface area (Å²) in [7, 11) is 0. The Balaban J connectivity index is 1.96. The molecule has 4 aromatic carbocycles. The third-order valence-electron chi connectivity index (χ3n) is 6.15. The fourth-order valence-electron chi connectivity index (χ4n) is 4.76. The standard InChI is InChI=1S/C40H50O4S/c1-37(2,3)41-31-23-21-27(25-33(31)43-39(7,8)9)30-19-16-20-35(45-29-17-14-13-15-18-29)36(30)28-22-24-32(42-38(4,5)6)34(26-28)44-40(10,11)12/h13-26H,1-12H3.